The molecule has 0 aromatic carbocycles. The van der Waals surface area contributed by atoms with Crippen molar-refractivity contribution in [1.29, 1.82) is 0 Å². The van der Waals surface area contributed by atoms with E-state index in [1.54, 1.807) is 6.07 Å². The highest BCUT2D eigenvalue weighted by molar-refractivity contribution is 5.19. The molecule has 2 heteroatoms. The van der Waals surface area contributed by atoms with Crippen molar-refractivity contribution in [2.75, 3.05) is 0 Å². The molecule has 0 fully saturated rings. The maximum absolute atomic E-state index is 9.68. The number of aryl methyl sites for hydroxylation is 1. The number of hydrogen-bond donors (Lipinski definition) is 1. The zero-order valence-corrected chi connectivity index (χ0v) is 9.86. The van der Waals surface area contributed by atoms with Crippen molar-refractivity contribution in [2.45, 2.75) is 39.0 Å². The van der Waals surface area contributed by atoms with E-state index in [2.05, 4.69) is 6.92 Å². The molecule has 0 saturated carbocycles. The molecule has 88 valence electrons. The van der Waals surface area contributed by atoms with Crippen LogP contribution in [0, 0.1) is 0 Å². The summed E-state index contributed by atoms with van der Waals surface area (Å²) in [4.78, 5) is 0. The Morgan fingerprint density at radius 2 is 1.88 bits per heavy atom. The fraction of sp³-hybridized carbons (Fsp3) is 0.429. The first kappa shape index (κ1) is 12.6. The fourth-order valence-corrected chi connectivity index (χ4v) is 1.53. The van der Waals surface area contributed by atoms with Gasteiger partial charge in [0.2, 0.25) is 0 Å². The molecule has 0 aliphatic heterocycles. The zero-order valence-electron chi connectivity index (χ0n) is 9.86. The van der Waals surface area contributed by atoms with Gasteiger partial charge >= 0.3 is 0 Å². The molecule has 0 aliphatic carbocycles. The highest BCUT2D eigenvalue weighted by Gasteiger charge is 1.99. The van der Waals surface area contributed by atoms with Crippen LogP contribution in [0.1, 0.15) is 38.2 Å². The van der Waals surface area contributed by atoms with Crippen molar-refractivity contribution >= 4 is 0 Å². The van der Waals surface area contributed by atoms with Gasteiger partial charge in [0.15, 0.2) is 0 Å². The van der Waals surface area contributed by atoms with E-state index >= 15 is 0 Å². The predicted molar refractivity (Wildman–Crippen MR) is 65.8 cm³/mol. The standard InChI is InChI=1S/C14H20O2/c1-2-3-4-7-10-13-11-8-5-6-9-12-16-14(13)15/h5-6,8-9,11-12,15H,2-4,7,10H2,1H3. The highest BCUT2D eigenvalue weighted by atomic mass is 16.5. The molecule has 0 unspecified atom stereocenters. The van der Waals surface area contributed by atoms with Gasteiger partial charge in [0.05, 0.1) is 6.26 Å². The summed E-state index contributed by atoms with van der Waals surface area (Å²) in [5.41, 5.74) is 0.868. The Bertz CT molecular complexity index is 340. The van der Waals surface area contributed by atoms with E-state index < -0.39 is 0 Å². The molecule has 0 spiro atoms. The molecule has 16 heavy (non-hydrogen) atoms. The average Bonchev–Trinajstić information content (AvgIpc) is 2.38. The van der Waals surface area contributed by atoms with Crippen LogP contribution in [-0.4, -0.2) is 5.11 Å². The van der Waals surface area contributed by atoms with E-state index in [9.17, 15) is 5.11 Å². The lowest BCUT2D eigenvalue weighted by Crippen LogP contribution is -1.84. The number of aromatic hydroxyl groups is 1. The molecule has 0 amide bonds. The summed E-state index contributed by atoms with van der Waals surface area (Å²) in [6.45, 7) is 2.19. The second-order valence-electron chi connectivity index (χ2n) is 3.83. The van der Waals surface area contributed by atoms with Crippen LogP contribution in [0.5, 0.6) is 5.95 Å². The Morgan fingerprint density at radius 1 is 1.06 bits per heavy atom. The van der Waals surface area contributed by atoms with Gasteiger partial charge in [-0.1, -0.05) is 50.5 Å². The minimum Gasteiger partial charge on any atom is -0.481 e. The van der Waals surface area contributed by atoms with Gasteiger partial charge in [-0.25, -0.2) is 0 Å². The van der Waals surface area contributed by atoms with E-state index in [-0.39, 0.29) is 5.95 Å². The summed E-state index contributed by atoms with van der Waals surface area (Å²) in [7, 11) is 0. The molecule has 1 N–H and O–H groups in total. The van der Waals surface area contributed by atoms with Crippen LogP contribution < -0.4 is 0 Å². The van der Waals surface area contributed by atoms with Gasteiger partial charge < -0.3 is 9.52 Å². The summed E-state index contributed by atoms with van der Waals surface area (Å²) in [5, 5.41) is 9.68. The topological polar surface area (TPSA) is 33.4 Å². The predicted octanol–water partition coefficient (Wildman–Crippen LogP) is 4.23. The second kappa shape index (κ2) is 7.80. The lowest BCUT2D eigenvalue weighted by atomic mass is 10.1. The quantitative estimate of drug-likeness (QED) is 0.753. The molecule has 1 aromatic heterocycles. The van der Waals surface area contributed by atoms with Gasteiger partial charge in [-0.2, -0.15) is 0 Å². The van der Waals surface area contributed by atoms with Crippen molar-refractivity contribution in [1.82, 2.24) is 0 Å². The molecular weight excluding hydrogens is 200 g/mol. The Labute approximate surface area is 97.3 Å². The van der Waals surface area contributed by atoms with Crippen molar-refractivity contribution in [2.24, 2.45) is 0 Å². The van der Waals surface area contributed by atoms with E-state index in [0.29, 0.717) is 0 Å². The summed E-state index contributed by atoms with van der Waals surface area (Å²) in [6.07, 6.45) is 7.12. The minimum absolute atomic E-state index is 0.0210. The van der Waals surface area contributed by atoms with Crippen LogP contribution in [0.25, 0.3) is 0 Å². The minimum atomic E-state index is 0.0210. The summed E-state index contributed by atoms with van der Waals surface area (Å²) < 4.78 is 5.08. The molecule has 1 aromatic rings. The highest BCUT2D eigenvalue weighted by Crippen LogP contribution is 2.16. The third-order valence-corrected chi connectivity index (χ3v) is 2.46. The SMILES string of the molecule is CCCCCCc1ccccccoc1O. The third kappa shape index (κ3) is 4.87. The molecule has 0 saturated heterocycles. The van der Waals surface area contributed by atoms with Crippen LogP contribution in [0.2, 0.25) is 0 Å². The zero-order chi connectivity index (χ0) is 11.6. The van der Waals surface area contributed by atoms with E-state index in [4.69, 9.17) is 4.42 Å². The Hall–Kier alpha value is -1.44. The van der Waals surface area contributed by atoms with Gasteiger partial charge in [-0.15, -0.1) is 0 Å². The van der Waals surface area contributed by atoms with E-state index in [1.807, 2.05) is 24.3 Å². The normalized spacial score (nSPS) is 9.81. The average molecular weight is 220 g/mol. The molecule has 0 bridgehead atoms. The first-order valence-electron chi connectivity index (χ1n) is 5.93. The number of hydrogen-bond acceptors (Lipinski definition) is 2. The van der Waals surface area contributed by atoms with Crippen LogP contribution in [0.15, 0.2) is 41.0 Å². The fourth-order valence-electron chi connectivity index (χ4n) is 1.53. The first-order valence-corrected chi connectivity index (χ1v) is 5.93. The molecule has 0 aliphatic rings. The van der Waals surface area contributed by atoms with E-state index in [1.165, 1.54) is 25.5 Å². The Kier molecular flexibility index (Phi) is 6.16. The molecule has 0 atom stereocenters. The summed E-state index contributed by atoms with van der Waals surface area (Å²) in [6, 6.07) is 9.37. The first-order chi connectivity index (χ1) is 7.84. The van der Waals surface area contributed by atoms with Gasteiger partial charge in [0, 0.05) is 5.56 Å². The van der Waals surface area contributed by atoms with Gasteiger partial charge in [0.1, 0.15) is 0 Å². The van der Waals surface area contributed by atoms with Gasteiger partial charge in [-0.05, 0) is 18.9 Å². The van der Waals surface area contributed by atoms with Crippen molar-refractivity contribution in [3.8, 4) is 5.95 Å². The van der Waals surface area contributed by atoms with E-state index in [0.717, 1.165) is 18.4 Å². The molecule has 2 nitrogen and oxygen atoms in total. The molecule has 0 radical (unpaired) electrons. The number of rotatable bonds is 5. The van der Waals surface area contributed by atoms with Crippen molar-refractivity contribution in [3.63, 3.8) is 0 Å². The number of unbranched alkanes of at least 4 members (excludes halogenated alkanes) is 3. The molecular formula is C14H20O2. The van der Waals surface area contributed by atoms with Gasteiger partial charge in [-0.3, -0.25) is 0 Å². The van der Waals surface area contributed by atoms with Crippen LogP contribution in [-0.2, 0) is 6.42 Å². The van der Waals surface area contributed by atoms with Crippen molar-refractivity contribution in [3.05, 3.63) is 42.2 Å². The maximum atomic E-state index is 9.68. The molecule has 1 rings (SSSR count). The lowest BCUT2D eigenvalue weighted by Gasteiger charge is -2.00. The van der Waals surface area contributed by atoms with Crippen molar-refractivity contribution < 1.29 is 9.52 Å². The second-order valence-corrected chi connectivity index (χ2v) is 3.83. The lowest BCUT2D eigenvalue weighted by molar-refractivity contribution is 0.318. The van der Waals surface area contributed by atoms with Gasteiger partial charge in [0.25, 0.3) is 5.95 Å². The van der Waals surface area contributed by atoms with Crippen LogP contribution >= 0.6 is 0 Å². The largest absolute Gasteiger partial charge is 0.481 e. The Balaban J connectivity index is 2.68. The Morgan fingerprint density at radius 3 is 2.69 bits per heavy atom. The monoisotopic (exact) mass is 220 g/mol. The maximum Gasteiger partial charge on any atom is 0.284 e. The van der Waals surface area contributed by atoms with Crippen LogP contribution in [0.3, 0.4) is 0 Å². The molecule has 1 heterocycles. The summed E-state index contributed by atoms with van der Waals surface area (Å²) in [5.74, 6) is 0.0210. The van der Waals surface area contributed by atoms with Crippen LogP contribution in [0.4, 0.5) is 0 Å². The summed E-state index contributed by atoms with van der Waals surface area (Å²) >= 11 is 0. The third-order valence-electron chi connectivity index (χ3n) is 2.46. The smallest absolute Gasteiger partial charge is 0.284 e.